The maximum absolute atomic E-state index is 12.7. The molecule has 0 spiro atoms. The Morgan fingerprint density at radius 2 is 1.40 bits per heavy atom. The highest BCUT2D eigenvalue weighted by Gasteiger charge is 2.38. The number of imide groups is 2. The first-order valence-corrected chi connectivity index (χ1v) is 15.2. The van der Waals surface area contributed by atoms with Gasteiger partial charge in [0.1, 0.15) is 12.4 Å². The number of thioether (sulfide) groups is 2. The van der Waals surface area contributed by atoms with E-state index < -0.39 is 5.91 Å². The van der Waals surface area contributed by atoms with Crippen molar-refractivity contribution in [2.75, 3.05) is 51.9 Å². The van der Waals surface area contributed by atoms with E-state index in [4.69, 9.17) is 10.7 Å². The Balaban J connectivity index is 0.000000317. The van der Waals surface area contributed by atoms with E-state index in [0.29, 0.717) is 5.56 Å². The topological polar surface area (TPSA) is 190 Å². The van der Waals surface area contributed by atoms with Gasteiger partial charge in [0.25, 0.3) is 5.91 Å². The van der Waals surface area contributed by atoms with Crippen LogP contribution in [0.15, 0.2) is 29.4 Å². The van der Waals surface area contributed by atoms with E-state index in [0.717, 1.165) is 4.90 Å². The SMILES string of the molecule is CSC1CC(=O)N(CCNC(=O)CO/N=C\c2ccc(F)cc2)C1=O.CSC1CC(=O)N(CCNC(=O)CON)C1=O. The number of amides is 6. The molecule has 42 heavy (non-hydrogen) atoms. The number of hydrogen-bond donors (Lipinski definition) is 3. The summed E-state index contributed by atoms with van der Waals surface area (Å²) in [6.45, 7) is 0.149. The summed E-state index contributed by atoms with van der Waals surface area (Å²) in [6.07, 6.45) is 5.37. The van der Waals surface area contributed by atoms with Crippen LogP contribution in [0, 0.1) is 5.82 Å². The lowest BCUT2D eigenvalue weighted by molar-refractivity contribution is -0.140. The number of nitrogens with two attached hydrogens (primary N) is 1. The van der Waals surface area contributed by atoms with Crippen LogP contribution in [0.5, 0.6) is 0 Å². The van der Waals surface area contributed by atoms with E-state index >= 15 is 0 Å². The van der Waals surface area contributed by atoms with Gasteiger partial charge in [-0.1, -0.05) is 17.3 Å². The molecule has 2 saturated heterocycles. The quantitative estimate of drug-likeness (QED) is 0.134. The van der Waals surface area contributed by atoms with Gasteiger partial charge in [0, 0.05) is 39.0 Å². The summed E-state index contributed by atoms with van der Waals surface area (Å²) in [5, 5.41) is 8.04. The average molecular weight is 629 g/mol. The number of carbonyl (C=O) groups excluding carboxylic acids is 6. The van der Waals surface area contributed by atoms with Crippen molar-refractivity contribution < 1.29 is 42.8 Å². The summed E-state index contributed by atoms with van der Waals surface area (Å²) in [5.74, 6) is 2.75. The van der Waals surface area contributed by atoms with Crippen LogP contribution in [0.2, 0.25) is 0 Å². The fourth-order valence-electron chi connectivity index (χ4n) is 3.68. The Morgan fingerprint density at radius 3 is 1.83 bits per heavy atom. The highest BCUT2D eigenvalue weighted by Crippen LogP contribution is 2.23. The second-order valence-corrected chi connectivity index (χ2v) is 10.8. The summed E-state index contributed by atoms with van der Waals surface area (Å²) in [4.78, 5) is 80.7. The lowest BCUT2D eigenvalue weighted by Gasteiger charge is -2.14. The predicted molar refractivity (Wildman–Crippen MR) is 153 cm³/mol. The summed E-state index contributed by atoms with van der Waals surface area (Å²) in [7, 11) is 0. The zero-order valence-corrected chi connectivity index (χ0v) is 24.7. The summed E-state index contributed by atoms with van der Waals surface area (Å²) in [5.41, 5.74) is 0.635. The number of benzene rings is 1. The molecule has 4 N–H and O–H groups in total. The Bertz CT molecular complexity index is 1160. The van der Waals surface area contributed by atoms with Crippen LogP contribution < -0.4 is 16.5 Å². The molecule has 0 bridgehead atoms. The van der Waals surface area contributed by atoms with Crippen LogP contribution in [-0.4, -0.2) is 114 Å². The third kappa shape index (κ3) is 11.0. The average Bonchev–Trinajstić information content (AvgIpc) is 3.40. The van der Waals surface area contributed by atoms with Crippen molar-refractivity contribution in [3.05, 3.63) is 35.6 Å². The molecule has 2 aliphatic rings. The summed E-state index contributed by atoms with van der Waals surface area (Å²) < 4.78 is 12.7. The number of rotatable bonds is 14. The fourth-order valence-corrected chi connectivity index (χ4v) is 4.95. The first-order chi connectivity index (χ1) is 20.1. The molecule has 17 heteroatoms. The van der Waals surface area contributed by atoms with Crippen molar-refractivity contribution in [3.8, 4) is 0 Å². The smallest absolute Gasteiger partial charge is 0.260 e. The van der Waals surface area contributed by atoms with Crippen molar-refractivity contribution >= 4 is 65.2 Å². The van der Waals surface area contributed by atoms with Gasteiger partial charge in [-0.25, -0.2) is 10.3 Å². The number of halogens is 1. The van der Waals surface area contributed by atoms with Gasteiger partial charge in [0.2, 0.25) is 29.5 Å². The highest BCUT2D eigenvalue weighted by atomic mass is 32.2. The number of likely N-dealkylation sites (tertiary alicyclic amines) is 2. The lowest BCUT2D eigenvalue weighted by Crippen LogP contribution is -2.40. The first-order valence-electron chi connectivity index (χ1n) is 12.6. The third-order valence-electron chi connectivity index (χ3n) is 5.85. The predicted octanol–water partition coefficient (Wildman–Crippen LogP) is -0.734. The maximum Gasteiger partial charge on any atom is 0.260 e. The molecule has 1 aromatic carbocycles. The van der Waals surface area contributed by atoms with Crippen molar-refractivity contribution in [1.29, 1.82) is 0 Å². The van der Waals surface area contributed by atoms with Gasteiger partial charge in [-0.15, -0.1) is 0 Å². The van der Waals surface area contributed by atoms with Crippen molar-refractivity contribution in [1.82, 2.24) is 20.4 Å². The standard InChI is InChI=1S/C16H18FN3O4S.C9H15N3O4S/c1-25-13-8-15(22)20(16(13)23)7-6-18-14(21)10-24-19-9-11-2-4-12(17)5-3-11;1-17-6-4-8(14)12(9(6)15)3-2-11-7(13)5-16-10/h2-5,9,13H,6-8,10H2,1H3,(H,18,21);6H,2-5,10H2,1H3,(H,11,13)/b19-9-;. The second-order valence-electron chi connectivity index (χ2n) is 8.69. The fraction of sp³-hybridized carbons (Fsp3) is 0.480. The zero-order chi connectivity index (χ0) is 31.1. The van der Waals surface area contributed by atoms with Crippen molar-refractivity contribution in [2.45, 2.75) is 23.3 Å². The molecule has 6 amide bonds. The minimum atomic E-state index is -0.420. The number of hydrogen-bond acceptors (Lipinski definition) is 12. The highest BCUT2D eigenvalue weighted by molar-refractivity contribution is 8.00. The molecule has 230 valence electrons. The van der Waals surface area contributed by atoms with E-state index in [-0.39, 0.29) is 98.1 Å². The molecule has 0 radical (unpaired) electrons. The van der Waals surface area contributed by atoms with Gasteiger partial charge in [-0.05, 0) is 30.2 Å². The van der Waals surface area contributed by atoms with Crippen molar-refractivity contribution in [3.63, 3.8) is 0 Å². The van der Waals surface area contributed by atoms with Gasteiger partial charge in [-0.2, -0.15) is 23.5 Å². The van der Waals surface area contributed by atoms with E-state index in [1.807, 2.05) is 0 Å². The molecule has 2 heterocycles. The molecular formula is C25H33FN6O8S2. The van der Waals surface area contributed by atoms with Gasteiger partial charge in [-0.3, -0.25) is 43.4 Å². The Labute approximate surface area is 250 Å². The summed E-state index contributed by atoms with van der Waals surface area (Å²) >= 11 is 2.70. The van der Waals surface area contributed by atoms with E-state index in [9.17, 15) is 33.2 Å². The van der Waals surface area contributed by atoms with Crippen molar-refractivity contribution in [2.24, 2.45) is 11.1 Å². The molecule has 1 aromatic rings. The molecule has 2 fully saturated rings. The minimum Gasteiger partial charge on any atom is -0.386 e. The Hall–Kier alpha value is -3.54. The summed E-state index contributed by atoms with van der Waals surface area (Å²) in [6, 6.07) is 5.62. The third-order valence-corrected chi connectivity index (χ3v) is 7.72. The number of carbonyl (C=O) groups is 6. The van der Waals surface area contributed by atoms with Crippen LogP contribution in [0.1, 0.15) is 18.4 Å². The molecule has 0 saturated carbocycles. The first kappa shape index (κ1) is 34.7. The van der Waals surface area contributed by atoms with Crippen LogP contribution in [0.25, 0.3) is 0 Å². The van der Waals surface area contributed by atoms with Gasteiger partial charge >= 0.3 is 0 Å². The molecule has 0 aromatic heterocycles. The van der Waals surface area contributed by atoms with Crippen LogP contribution in [0.4, 0.5) is 4.39 Å². The number of nitrogens with one attached hydrogen (secondary N) is 2. The van der Waals surface area contributed by atoms with E-state index in [1.54, 1.807) is 12.5 Å². The molecule has 2 unspecified atom stereocenters. The van der Waals surface area contributed by atoms with Crippen LogP contribution >= 0.6 is 23.5 Å². The lowest BCUT2D eigenvalue weighted by atomic mass is 10.2. The molecule has 2 atom stereocenters. The van der Waals surface area contributed by atoms with Crippen LogP contribution in [-0.2, 0) is 38.4 Å². The molecule has 0 aliphatic carbocycles. The van der Waals surface area contributed by atoms with Crippen LogP contribution in [0.3, 0.4) is 0 Å². The monoisotopic (exact) mass is 628 g/mol. The molecular weight excluding hydrogens is 595 g/mol. The Morgan fingerprint density at radius 1 is 0.929 bits per heavy atom. The molecule has 3 rings (SSSR count). The Kier molecular flexibility index (Phi) is 14.9. The maximum atomic E-state index is 12.7. The van der Waals surface area contributed by atoms with Gasteiger partial charge in [0.15, 0.2) is 6.61 Å². The molecule has 2 aliphatic heterocycles. The number of nitrogens with zero attached hydrogens (tertiary/aromatic N) is 3. The van der Waals surface area contributed by atoms with Gasteiger partial charge < -0.3 is 15.5 Å². The zero-order valence-electron chi connectivity index (χ0n) is 23.1. The van der Waals surface area contributed by atoms with E-state index in [1.165, 1.54) is 58.9 Å². The molecule has 14 nitrogen and oxygen atoms in total. The second kappa shape index (κ2) is 18.1. The largest absolute Gasteiger partial charge is 0.386 e. The van der Waals surface area contributed by atoms with E-state index in [2.05, 4.69) is 20.6 Å². The minimum absolute atomic E-state index is 0.138. The van der Waals surface area contributed by atoms with Gasteiger partial charge in [0.05, 0.1) is 16.7 Å². The normalized spacial score (nSPS) is 18.4. The number of oxime groups is 1.